The van der Waals surface area contributed by atoms with Crippen LogP contribution < -0.4 is 10.1 Å². The molecule has 0 saturated heterocycles. The predicted molar refractivity (Wildman–Crippen MR) is 84.1 cm³/mol. The van der Waals surface area contributed by atoms with Gasteiger partial charge in [0.25, 0.3) is 5.91 Å². The Morgan fingerprint density at radius 2 is 1.92 bits per heavy atom. The molecule has 1 aromatic carbocycles. The highest BCUT2D eigenvalue weighted by atomic mass is 19.4. The van der Waals surface area contributed by atoms with E-state index in [2.05, 4.69) is 5.32 Å². The second-order valence-electron chi connectivity index (χ2n) is 5.85. The molecule has 1 amide bonds. The fourth-order valence-corrected chi connectivity index (χ4v) is 3.09. The van der Waals surface area contributed by atoms with Crippen LogP contribution >= 0.6 is 0 Å². The van der Waals surface area contributed by atoms with Gasteiger partial charge in [-0.15, -0.1) is 0 Å². The van der Waals surface area contributed by atoms with E-state index in [4.69, 9.17) is 9.47 Å². The number of anilines is 1. The molecule has 0 unspecified atom stereocenters. The number of hydrogen-bond donors (Lipinski definition) is 1. The summed E-state index contributed by atoms with van der Waals surface area (Å²) in [5.74, 6) is -0.667. The van der Waals surface area contributed by atoms with Crippen molar-refractivity contribution in [2.24, 2.45) is 0 Å². The number of carbonyl (C=O) groups is 1. The van der Waals surface area contributed by atoms with Gasteiger partial charge in [0.15, 0.2) is 0 Å². The summed E-state index contributed by atoms with van der Waals surface area (Å²) in [5, 5.41) is 2.58. The summed E-state index contributed by atoms with van der Waals surface area (Å²) < 4.78 is 49.7. The zero-order valence-electron chi connectivity index (χ0n) is 13.8. The molecule has 1 saturated carbocycles. The Morgan fingerprint density at radius 3 is 2.46 bits per heavy atom. The van der Waals surface area contributed by atoms with Crippen LogP contribution in [0.15, 0.2) is 18.2 Å². The lowest BCUT2D eigenvalue weighted by Gasteiger charge is -2.35. The molecule has 0 radical (unpaired) electrons. The highest BCUT2D eigenvalue weighted by Crippen LogP contribution is 2.38. The molecule has 1 aliphatic carbocycles. The van der Waals surface area contributed by atoms with Gasteiger partial charge < -0.3 is 14.8 Å². The summed E-state index contributed by atoms with van der Waals surface area (Å²) in [5.41, 5.74) is -1.79. The summed E-state index contributed by atoms with van der Waals surface area (Å²) in [6.45, 7) is 2.18. The molecule has 1 aromatic rings. The fourth-order valence-electron chi connectivity index (χ4n) is 3.09. The van der Waals surface area contributed by atoms with Crippen LogP contribution in [0.1, 0.15) is 44.6 Å². The van der Waals surface area contributed by atoms with Gasteiger partial charge >= 0.3 is 6.18 Å². The number of halogens is 3. The molecular formula is C17H22F3NO3. The highest BCUT2D eigenvalue weighted by molar-refractivity contribution is 5.97. The minimum Gasteiger partial charge on any atom is -0.496 e. The zero-order valence-corrected chi connectivity index (χ0v) is 13.8. The van der Waals surface area contributed by atoms with Crippen molar-refractivity contribution in [2.45, 2.75) is 50.8 Å². The number of amides is 1. The topological polar surface area (TPSA) is 47.6 Å². The molecule has 0 aromatic heterocycles. The van der Waals surface area contributed by atoms with Crippen molar-refractivity contribution in [3.05, 3.63) is 23.8 Å². The van der Waals surface area contributed by atoms with Crippen molar-refractivity contribution in [3.63, 3.8) is 0 Å². The first-order valence-electron chi connectivity index (χ1n) is 8.03. The average Bonchev–Trinajstić information content (AvgIpc) is 2.55. The lowest BCUT2D eigenvalue weighted by atomic mass is 9.83. The second-order valence-corrected chi connectivity index (χ2v) is 5.85. The number of alkyl halides is 3. The predicted octanol–water partition coefficient (Wildman–Crippen LogP) is 4.39. The minimum absolute atomic E-state index is 0.0813. The van der Waals surface area contributed by atoms with Gasteiger partial charge in [-0.1, -0.05) is 19.3 Å². The van der Waals surface area contributed by atoms with Crippen LogP contribution in [0, 0.1) is 0 Å². The Hall–Kier alpha value is -1.76. The van der Waals surface area contributed by atoms with Crippen molar-refractivity contribution in [3.8, 4) is 5.75 Å². The van der Waals surface area contributed by atoms with Crippen LogP contribution in [0.4, 0.5) is 18.9 Å². The molecule has 4 nitrogen and oxygen atoms in total. The third-order valence-electron chi connectivity index (χ3n) is 4.26. The number of rotatable bonds is 5. The molecule has 1 aliphatic rings. The average molecular weight is 345 g/mol. The molecular weight excluding hydrogens is 323 g/mol. The second kappa shape index (κ2) is 7.42. The van der Waals surface area contributed by atoms with E-state index >= 15 is 0 Å². The van der Waals surface area contributed by atoms with Gasteiger partial charge in [-0.25, -0.2) is 0 Å². The quantitative estimate of drug-likeness (QED) is 0.861. The molecule has 0 atom stereocenters. The first-order chi connectivity index (χ1) is 11.3. The Morgan fingerprint density at radius 1 is 1.25 bits per heavy atom. The van der Waals surface area contributed by atoms with Gasteiger partial charge in [0.1, 0.15) is 11.4 Å². The van der Waals surface area contributed by atoms with Crippen molar-refractivity contribution in [1.29, 1.82) is 0 Å². The Labute approximate surface area is 139 Å². The summed E-state index contributed by atoms with van der Waals surface area (Å²) in [6.07, 6.45) is -0.644. The third-order valence-corrected chi connectivity index (χ3v) is 4.26. The first-order valence-corrected chi connectivity index (χ1v) is 8.03. The van der Waals surface area contributed by atoms with Gasteiger partial charge in [-0.2, -0.15) is 13.2 Å². The SMILES string of the molecule is CCOC1(C(=O)Nc2ccc(OC)c(C(F)(F)F)c2)CCCCC1. The van der Waals surface area contributed by atoms with E-state index in [0.29, 0.717) is 19.4 Å². The molecule has 0 spiro atoms. The highest BCUT2D eigenvalue weighted by Gasteiger charge is 2.41. The van der Waals surface area contributed by atoms with E-state index in [9.17, 15) is 18.0 Å². The van der Waals surface area contributed by atoms with E-state index in [1.54, 1.807) is 6.92 Å². The van der Waals surface area contributed by atoms with Crippen molar-refractivity contribution >= 4 is 11.6 Å². The molecule has 1 N–H and O–H groups in total. The number of benzene rings is 1. The first kappa shape index (κ1) is 18.6. The standard InChI is InChI=1S/C17H22F3NO3/c1-3-24-16(9-5-4-6-10-16)15(22)21-12-7-8-14(23-2)13(11-12)17(18,19)20/h7-8,11H,3-6,9-10H2,1-2H3,(H,21,22). The van der Waals surface area contributed by atoms with Crippen molar-refractivity contribution in [2.75, 3.05) is 19.0 Å². The summed E-state index contributed by atoms with van der Waals surface area (Å²) in [6, 6.07) is 3.49. The number of ether oxygens (including phenoxy) is 2. The summed E-state index contributed by atoms with van der Waals surface area (Å²) in [7, 11) is 1.18. The van der Waals surface area contributed by atoms with E-state index in [1.807, 2.05) is 0 Å². The van der Waals surface area contributed by atoms with Crippen molar-refractivity contribution < 1.29 is 27.4 Å². The minimum atomic E-state index is -4.56. The maximum absolute atomic E-state index is 13.1. The Kier molecular flexibility index (Phi) is 5.74. The smallest absolute Gasteiger partial charge is 0.420 e. The number of nitrogens with one attached hydrogen (secondary N) is 1. The zero-order chi connectivity index (χ0) is 17.8. The van der Waals surface area contributed by atoms with Crippen LogP contribution in [0.5, 0.6) is 5.75 Å². The molecule has 0 aliphatic heterocycles. The van der Waals surface area contributed by atoms with Gasteiger partial charge in [0.05, 0.1) is 12.7 Å². The molecule has 0 heterocycles. The van der Waals surface area contributed by atoms with E-state index in [1.165, 1.54) is 19.2 Å². The summed E-state index contributed by atoms with van der Waals surface area (Å²) >= 11 is 0. The molecule has 0 bridgehead atoms. The van der Waals surface area contributed by atoms with Gasteiger partial charge in [0.2, 0.25) is 0 Å². The molecule has 2 rings (SSSR count). The van der Waals surface area contributed by atoms with E-state index in [0.717, 1.165) is 25.3 Å². The largest absolute Gasteiger partial charge is 0.496 e. The Balaban J connectivity index is 2.24. The lowest BCUT2D eigenvalue weighted by molar-refractivity contribution is -0.145. The Bertz CT molecular complexity index is 575. The van der Waals surface area contributed by atoms with Gasteiger partial charge in [-0.3, -0.25) is 4.79 Å². The number of carbonyl (C=O) groups excluding carboxylic acids is 1. The molecule has 24 heavy (non-hydrogen) atoms. The van der Waals surface area contributed by atoms with Crippen LogP contribution in [0.25, 0.3) is 0 Å². The van der Waals surface area contributed by atoms with Crippen LogP contribution in [-0.2, 0) is 15.7 Å². The number of methoxy groups -OCH3 is 1. The monoisotopic (exact) mass is 345 g/mol. The van der Waals surface area contributed by atoms with Crippen LogP contribution in [-0.4, -0.2) is 25.2 Å². The number of hydrogen-bond acceptors (Lipinski definition) is 3. The summed E-state index contributed by atoms with van der Waals surface area (Å²) in [4.78, 5) is 12.6. The van der Waals surface area contributed by atoms with Gasteiger partial charge in [0, 0.05) is 12.3 Å². The third kappa shape index (κ3) is 4.01. The van der Waals surface area contributed by atoms with Crippen LogP contribution in [0.3, 0.4) is 0 Å². The molecule has 1 fully saturated rings. The molecule has 7 heteroatoms. The van der Waals surface area contributed by atoms with E-state index < -0.39 is 17.3 Å². The van der Waals surface area contributed by atoms with Crippen LogP contribution in [0.2, 0.25) is 0 Å². The van der Waals surface area contributed by atoms with Crippen molar-refractivity contribution in [1.82, 2.24) is 0 Å². The maximum Gasteiger partial charge on any atom is 0.420 e. The van der Waals surface area contributed by atoms with Gasteiger partial charge in [-0.05, 0) is 38.0 Å². The lowest BCUT2D eigenvalue weighted by Crippen LogP contribution is -2.47. The normalized spacial score (nSPS) is 17.4. The van der Waals surface area contributed by atoms with E-state index in [-0.39, 0.29) is 17.3 Å². The maximum atomic E-state index is 13.1. The molecule has 134 valence electrons. The fraction of sp³-hybridized carbons (Fsp3) is 0.588.